The summed E-state index contributed by atoms with van der Waals surface area (Å²) in [5.41, 5.74) is 3.87. The minimum absolute atomic E-state index is 0.179. The molecule has 6 nitrogen and oxygen atoms in total. The molecule has 0 atom stereocenters. The summed E-state index contributed by atoms with van der Waals surface area (Å²) in [4.78, 5) is 31.9. The minimum Gasteiger partial charge on any atom is -0.497 e. The summed E-state index contributed by atoms with van der Waals surface area (Å²) >= 11 is 0. The fourth-order valence-corrected chi connectivity index (χ4v) is 3.38. The van der Waals surface area contributed by atoms with Crippen molar-refractivity contribution in [2.75, 3.05) is 12.4 Å². The summed E-state index contributed by atoms with van der Waals surface area (Å²) in [5.74, 6) is -0.0119. The van der Waals surface area contributed by atoms with Crippen molar-refractivity contribution < 1.29 is 14.3 Å². The van der Waals surface area contributed by atoms with Crippen LogP contribution >= 0.6 is 0 Å². The monoisotopic (exact) mass is 399 g/mol. The number of rotatable bonds is 6. The maximum absolute atomic E-state index is 13.3. The summed E-state index contributed by atoms with van der Waals surface area (Å²) in [7, 11) is 1.58. The summed E-state index contributed by atoms with van der Waals surface area (Å²) in [6, 6.07) is 18.4. The smallest absolute Gasteiger partial charge is 0.278 e. The summed E-state index contributed by atoms with van der Waals surface area (Å²) in [6.45, 7) is 2.13. The van der Waals surface area contributed by atoms with Crippen LogP contribution in [0.4, 0.5) is 5.69 Å². The van der Waals surface area contributed by atoms with Gasteiger partial charge in [0.1, 0.15) is 11.4 Å². The molecule has 0 radical (unpaired) electrons. The van der Waals surface area contributed by atoms with Crippen molar-refractivity contribution in [2.24, 2.45) is 0 Å². The van der Waals surface area contributed by atoms with Crippen LogP contribution < -0.4 is 10.1 Å². The van der Waals surface area contributed by atoms with Gasteiger partial charge in [-0.05, 0) is 53.9 Å². The third-order valence-corrected chi connectivity index (χ3v) is 5.04. The van der Waals surface area contributed by atoms with Crippen LogP contribution in [0.5, 0.6) is 5.75 Å². The van der Waals surface area contributed by atoms with Gasteiger partial charge in [-0.2, -0.15) is 0 Å². The van der Waals surface area contributed by atoms with E-state index in [1.807, 2.05) is 31.2 Å². The van der Waals surface area contributed by atoms with Crippen LogP contribution in [0, 0.1) is 6.92 Å². The van der Waals surface area contributed by atoms with Crippen molar-refractivity contribution in [3.8, 4) is 5.75 Å². The molecule has 0 saturated heterocycles. The predicted octanol–water partition coefficient (Wildman–Crippen LogP) is 3.79. The minimum atomic E-state index is -0.356. The Labute approximate surface area is 174 Å². The van der Waals surface area contributed by atoms with E-state index >= 15 is 0 Å². The molecule has 1 N–H and O–H groups in total. The number of benzene rings is 2. The van der Waals surface area contributed by atoms with E-state index in [1.165, 1.54) is 4.90 Å². The van der Waals surface area contributed by atoms with Crippen molar-refractivity contribution in [3.63, 3.8) is 0 Å². The second kappa shape index (κ2) is 8.21. The number of anilines is 1. The third-order valence-electron chi connectivity index (χ3n) is 5.04. The van der Waals surface area contributed by atoms with E-state index in [-0.39, 0.29) is 24.1 Å². The number of pyridine rings is 1. The Hall–Kier alpha value is -3.93. The molecule has 30 heavy (non-hydrogen) atoms. The summed E-state index contributed by atoms with van der Waals surface area (Å²) in [6.07, 6.45) is 3.29. The van der Waals surface area contributed by atoms with Gasteiger partial charge in [-0.25, -0.2) is 0 Å². The van der Waals surface area contributed by atoms with E-state index in [9.17, 15) is 9.59 Å². The van der Waals surface area contributed by atoms with Crippen LogP contribution in [0.1, 0.15) is 16.7 Å². The molecule has 2 aromatic carbocycles. The van der Waals surface area contributed by atoms with Crippen LogP contribution in [0.2, 0.25) is 0 Å². The number of hydrogen-bond donors (Lipinski definition) is 1. The third kappa shape index (κ3) is 3.67. The lowest BCUT2D eigenvalue weighted by atomic mass is 10.0. The number of amides is 2. The van der Waals surface area contributed by atoms with Gasteiger partial charge >= 0.3 is 0 Å². The zero-order chi connectivity index (χ0) is 21.1. The second-order valence-corrected chi connectivity index (χ2v) is 6.97. The Balaban J connectivity index is 1.76. The first kappa shape index (κ1) is 19.4. The molecular weight excluding hydrogens is 378 g/mol. The fraction of sp³-hybridized carbons (Fsp3) is 0.125. The van der Waals surface area contributed by atoms with Gasteiger partial charge in [-0.15, -0.1) is 0 Å². The van der Waals surface area contributed by atoms with Crippen molar-refractivity contribution in [1.29, 1.82) is 0 Å². The van der Waals surface area contributed by atoms with Crippen molar-refractivity contribution >= 4 is 23.1 Å². The Morgan fingerprint density at radius 3 is 2.30 bits per heavy atom. The second-order valence-electron chi connectivity index (χ2n) is 6.97. The molecule has 0 aliphatic carbocycles. The standard InChI is InChI=1S/C24H21N3O3/c1-16-5-3-4-6-20(16)26-22-21(18-7-9-19(30-2)10-8-18)23(28)27(24(22)29)15-17-11-13-25-14-12-17/h3-14,26H,15H2,1-2H3. The molecular formula is C24H21N3O3. The summed E-state index contributed by atoms with van der Waals surface area (Å²) < 4.78 is 5.22. The first-order chi connectivity index (χ1) is 14.6. The number of methoxy groups -OCH3 is 1. The maximum atomic E-state index is 13.3. The quantitative estimate of drug-likeness (QED) is 0.639. The lowest BCUT2D eigenvalue weighted by molar-refractivity contribution is -0.137. The van der Waals surface area contributed by atoms with E-state index < -0.39 is 0 Å². The molecule has 0 unspecified atom stereocenters. The number of hydrogen-bond acceptors (Lipinski definition) is 5. The zero-order valence-corrected chi connectivity index (χ0v) is 16.8. The highest BCUT2D eigenvalue weighted by Crippen LogP contribution is 2.32. The van der Waals surface area contributed by atoms with E-state index in [1.54, 1.807) is 55.9 Å². The topological polar surface area (TPSA) is 71.5 Å². The molecule has 1 aromatic heterocycles. The lowest BCUT2D eigenvalue weighted by Crippen LogP contribution is -2.32. The first-order valence-corrected chi connectivity index (χ1v) is 9.55. The molecule has 1 aliphatic heterocycles. The number of nitrogens with one attached hydrogen (secondary N) is 1. The number of ether oxygens (including phenoxy) is 1. The molecule has 2 amide bonds. The van der Waals surface area contributed by atoms with E-state index in [0.29, 0.717) is 16.9 Å². The molecule has 4 rings (SSSR count). The number of aryl methyl sites for hydroxylation is 1. The molecule has 2 heterocycles. The number of carbonyl (C=O) groups excluding carboxylic acids is 2. The predicted molar refractivity (Wildman–Crippen MR) is 115 cm³/mol. The van der Waals surface area contributed by atoms with Gasteiger partial charge in [0.2, 0.25) is 0 Å². The highest BCUT2D eigenvalue weighted by Gasteiger charge is 2.39. The molecule has 0 fully saturated rings. The molecule has 0 saturated carbocycles. The van der Waals surface area contributed by atoms with Crippen molar-refractivity contribution in [1.82, 2.24) is 9.88 Å². The van der Waals surface area contributed by atoms with Gasteiger partial charge in [0.25, 0.3) is 11.8 Å². The summed E-state index contributed by atoms with van der Waals surface area (Å²) in [5, 5.41) is 3.21. The van der Waals surface area contributed by atoms with Crippen LogP contribution in [0.3, 0.4) is 0 Å². The molecule has 150 valence electrons. The molecule has 0 spiro atoms. The van der Waals surface area contributed by atoms with Gasteiger partial charge in [0.15, 0.2) is 0 Å². The van der Waals surface area contributed by atoms with Crippen molar-refractivity contribution in [2.45, 2.75) is 13.5 Å². The van der Waals surface area contributed by atoms with E-state index in [4.69, 9.17) is 4.74 Å². The van der Waals surface area contributed by atoms with Crippen LogP contribution in [0.25, 0.3) is 5.57 Å². The van der Waals surface area contributed by atoms with Crippen LogP contribution in [-0.2, 0) is 16.1 Å². The number of aromatic nitrogens is 1. The highest BCUT2D eigenvalue weighted by atomic mass is 16.5. The largest absolute Gasteiger partial charge is 0.497 e. The van der Waals surface area contributed by atoms with Gasteiger partial charge < -0.3 is 10.1 Å². The number of carbonyl (C=O) groups is 2. The average Bonchev–Trinajstić information content (AvgIpc) is 3.00. The van der Waals surface area contributed by atoms with Gasteiger partial charge in [-0.3, -0.25) is 19.5 Å². The van der Waals surface area contributed by atoms with Crippen LogP contribution in [0.15, 0.2) is 78.8 Å². The van der Waals surface area contributed by atoms with Crippen LogP contribution in [-0.4, -0.2) is 28.8 Å². The normalized spacial score (nSPS) is 13.7. The van der Waals surface area contributed by atoms with Crippen molar-refractivity contribution in [3.05, 3.63) is 95.4 Å². The molecule has 6 heteroatoms. The Morgan fingerprint density at radius 1 is 0.933 bits per heavy atom. The van der Waals surface area contributed by atoms with E-state index in [0.717, 1.165) is 16.8 Å². The first-order valence-electron chi connectivity index (χ1n) is 9.55. The number of imide groups is 1. The SMILES string of the molecule is COc1ccc(C2=C(Nc3ccccc3C)C(=O)N(Cc3ccncc3)C2=O)cc1. The van der Waals surface area contributed by atoms with Gasteiger partial charge in [-0.1, -0.05) is 30.3 Å². The Morgan fingerprint density at radius 2 is 1.63 bits per heavy atom. The zero-order valence-electron chi connectivity index (χ0n) is 16.8. The van der Waals surface area contributed by atoms with E-state index in [2.05, 4.69) is 10.3 Å². The maximum Gasteiger partial charge on any atom is 0.278 e. The number of nitrogens with zero attached hydrogens (tertiary/aromatic N) is 2. The molecule has 3 aromatic rings. The fourth-order valence-electron chi connectivity index (χ4n) is 3.38. The molecule has 1 aliphatic rings. The highest BCUT2D eigenvalue weighted by molar-refractivity contribution is 6.36. The van der Waals surface area contributed by atoms with Gasteiger partial charge in [0.05, 0.1) is 19.2 Å². The Bertz CT molecular complexity index is 1120. The molecule has 0 bridgehead atoms. The Kier molecular flexibility index (Phi) is 5.30. The lowest BCUT2D eigenvalue weighted by Gasteiger charge is -2.15. The average molecular weight is 399 g/mol. The van der Waals surface area contributed by atoms with Gasteiger partial charge in [0, 0.05) is 18.1 Å². The number of para-hydroxylation sites is 1.